The van der Waals surface area contributed by atoms with Crippen LogP contribution in [-0.2, 0) is 4.74 Å². The van der Waals surface area contributed by atoms with Gasteiger partial charge in [0.1, 0.15) is 5.82 Å². The fourth-order valence-electron chi connectivity index (χ4n) is 1.28. The van der Waals surface area contributed by atoms with Crippen molar-refractivity contribution in [3.05, 3.63) is 34.1 Å². The molecule has 0 saturated heterocycles. The van der Waals surface area contributed by atoms with Crippen molar-refractivity contribution in [2.45, 2.75) is 6.04 Å². The molecule has 1 aromatic rings. The number of halogens is 2. The van der Waals surface area contributed by atoms with Gasteiger partial charge in [-0.05, 0) is 18.2 Å². The maximum atomic E-state index is 13.4. The van der Waals surface area contributed by atoms with Crippen LogP contribution in [0.4, 0.5) is 4.39 Å². The van der Waals surface area contributed by atoms with Gasteiger partial charge >= 0.3 is 0 Å². The zero-order chi connectivity index (χ0) is 12.8. The fourth-order valence-corrected chi connectivity index (χ4v) is 1.64. The number of aliphatic hydroxyl groups excluding tert-OH is 1. The van der Waals surface area contributed by atoms with Gasteiger partial charge in [-0.25, -0.2) is 4.39 Å². The molecule has 0 aliphatic carbocycles. The number of nitrogens with one attached hydrogen (secondary N) is 1. The van der Waals surface area contributed by atoms with Crippen LogP contribution in [0.3, 0.4) is 0 Å². The van der Waals surface area contributed by atoms with Crippen LogP contribution in [-0.4, -0.2) is 37.4 Å². The van der Waals surface area contributed by atoms with E-state index in [0.717, 1.165) is 0 Å². The lowest BCUT2D eigenvalue weighted by Crippen LogP contribution is -2.40. The van der Waals surface area contributed by atoms with E-state index in [9.17, 15) is 9.18 Å². The van der Waals surface area contributed by atoms with Gasteiger partial charge in [0.15, 0.2) is 0 Å². The number of benzene rings is 1. The Bertz CT molecular complexity index is 400. The second kappa shape index (κ2) is 6.68. The van der Waals surface area contributed by atoms with E-state index >= 15 is 0 Å². The van der Waals surface area contributed by atoms with Crippen molar-refractivity contribution >= 4 is 21.8 Å². The fraction of sp³-hybridized carbons (Fsp3) is 0.364. The topological polar surface area (TPSA) is 58.6 Å². The van der Waals surface area contributed by atoms with Crippen molar-refractivity contribution in [2.24, 2.45) is 0 Å². The van der Waals surface area contributed by atoms with E-state index in [1.54, 1.807) is 0 Å². The van der Waals surface area contributed by atoms with E-state index < -0.39 is 17.8 Å². The van der Waals surface area contributed by atoms with Gasteiger partial charge < -0.3 is 15.2 Å². The molecule has 1 amide bonds. The smallest absolute Gasteiger partial charge is 0.254 e. The number of rotatable bonds is 5. The van der Waals surface area contributed by atoms with Crippen LogP contribution in [0.1, 0.15) is 10.4 Å². The summed E-state index contributed by atoms with van der Waals surface area (Å²) in [6.07, 6.45) is 0. The Labute approximate surface area is 107 Å². The average Bonchev–Trinajstić information content (AvgIpc) is 2.31. The first-order valence-corrected chi connectivity index (χ1v) is 5.73. The highest BCUT2D eigenvalue weighted by Crippen LogP contribution is 2.15. The summed E-state index contributed by atoms with van der Waals surface area (Å²) >= 11 is 3.16. The maximum absolute atomic E-state index is 13.4. The normalized spacial score (nSPS) is 12.2. The first-order valence-electron chi connectivity index (χ1n) is 4.94. The number of carbonyl (C=O) groups is 1. The molecule has 94 valence electrons. The predicted octanol–water partition coefficient (Wildman–Crippen LogP) is 1.33. The summed E-state index contributed by atoms with van der Waals surface area (Å²) in [5, 5.41) is 11.5. The highest BCUT2D eigenvalue weighted by atomic mass is 79.9. The lowest BCUT2D eigenvalue weighted by atomic mass is 10.2. The van der Waals surface area contributed by atoms with E-state index in [0.29, 0.717) is 4.47 Å². The third-order valence-corrected chi connectivity index (χ3v) is 2.59. The van der Waals surface area contributed by atoms with E-state index in [2.05, 4.69) is 21.2 Å². The Hall–Kier alpha value is -0.980. The molecular weight excluding hydrogens is 293 g/mol. The summed E-state index contributed by atoms with van der Waals surface area (Å²) in [5.74, 6) is -1.19. The van der Waals surface area contributed by atoms with Gasteiger partial charge in [-0.1, -0.05) is 15.9 Å². The van der Waals surface area contributed by atoms with E-state index in [-0.39, 0.29) is 18.8 Å². The first kappa shape index (κ1) is 14.1. The van der Waals surface area contributed by atoms with Gasteiger partial charge in [-0.2, -0.15) is 0 Å². The quantitative estimate of drug-likeness (QED) is 0.863. The van der Waals surface area contributed by atoms with Crippen LogP contribution in [0.15, 0.2) is 22.7 Å². The Balaban J connectivity index is 2.78. The van der Waals surface area contributed by atoms with Gasteiger partial charge in [0.05, 0.1) is 24.8 Å². The Morgan fingerprint density at radius 3 is 2.94 bits per heavy atom. The Kier molecular flexibility index (Phi) is 5.54. The predicted molar refractivity (Wildman–Crippen MR) is 64.3 cm³/mol. The summed E-state index contributed by atoms with van der Waals surface area (Å²) in [7, 11) is 1.45. The summed E-state index contributed by atoms with van der Waals surface area (Å²) < 4.78 is 18.8. The molecule has 0 spiro atoms. The number of amides is 1. The van der Waals surface area contributed by atoms with Crippen LogP contribution >= 0.6 is 15.9 Å². The number of ether oxygens (including phenoxy) is 1. The number of methoxy groups -OCH3 is 1. The molecular formula is C11H13BrFNO3. The molecule has 6 heteroatoms. The summed E-state index contributed by atoms with van der Waals surface area (Å²) in [6, 6.07) is 3.53. The molecule has 0 fully saturated rings. The highest BCUT2D eigenvalue weighted by Gasteiger charge is 2.16. The summed E-state index contributed by atoms with van der Waals surface area (Å²) in [6.45, 7) is -0.104. The monoisotopic (exact) mass is 305 g/mol. The zero-order valence-electron chi connectivity index (χ0n) is 9.24. The largest absolute Gasteiger partial charge is 0.394 e. The molecule has 1 rings (SSSR count). The third-order valence-electron chi connectivity index (χ3n) is 2.10. The Morgan fingerprint density at radius 2 is 2.35 bits per heavy atom. The van der Waals surface area contributed by atoms with Gasteiger partial charge in [0.25, 0.3) is 5.91 Å². The lowest BCUT2D eigenvalue weighted by Gasteiger charge is -2.15. The Morgan fingerprint density at radius 1 is 1.65 bits per heavy atom. The van der Waals surface area contributed by atoms with Crippen LogP contribution in [0.5, 0.6) is 0 Å². The first-order chi connectivity index (χ1) is 8.08. The van der Waals surface area contributed by atoms with Gasteiger partial charge in [0.2, 0.25) is 0 Å². The molecule has 4 nitrogen and oxygen atoms in total. The maximum Gasteiger partial charge on any atom is 0.254 e. The second-order valence-corrected chi connectivity index (χ2v) is 4.35. The molecule has 1 unspecified atom stereocenters. The molecule has 17 heavy (non-hydrogen) atoms. The molecule has 1 atom stereocenters. The lowest BCUT2D eigenvalue weighted by molar-refractivity contribution is 0.0836. The SMILES string of the molecule is COCC(CO)NC(=O)c1cc(Br)ccc1F. The van der Waals surface area contributed by atoms with Crippen LogP contribution in [0.2, 0.25) is 0 Å². The van der Waals surface area contributed by atoms with E-state index in [4.69, 9.17) is 9.84 Å². The van der Waals surface area contributed by atoms with Crippen molar-refractivity contribution < 1.29 is 19.0 Å². The van der Waals surface area contributed by atoms with Crippen molar-refractivity contribution in [3.63, 3.8) is 0 Å². The minimum atomic E-state index is -0.611. The molecule has 0 radical (unpaired) electrons. The van der Waals surface area contributed by atoms with Gasteiger partial charge in [0, 0.05) is 11.6 Å². The number of hydrogen-bond donors (Lipinski definition) is 2. The molecule has 0 aliphatic rings. The van der Waals surface area contributed by atoms with Crippen molar-refractivity contribution in [1.82, 2.24) is 5.32 Å². The van der Waals surface area contributed by atoms with Gasteiger partial charge in [-0.3, -0.25) is 4.79 Å². The molecule has 0 bridgehead atoms. The number of carbonyl (C=O) groups excluding carboxylic acids is 1. The van der Waals surface area contributed by atoms with E-state index in [1.165, 1.54) is 25.3 Å². The molecule has 1 aromatic carbocycles. The zero-order valence-corrected chi connectivity index (χ0v) is 10.8. The standard InChI is InChI=1S/C11H13BrFNO3/c1-17-6-8(5-15)14-11(16)9-4-7(12)2-3-10(9)13/h2-4,8,15H,5-6H2,1H3,(H,14,16). The number of hydrogen-bond acceptors (Lipinski definition) is 3. The third kappa shape index (κ3) is 4.07. The molecule has 0 heterocycles. The highest BCUT2D eigenvalue weighted by molar-refractivity contribution is 9.10. The summed E-state index contributed by atoms with van der Waals surface area (Å²) in [4.78, 5) is 11.7. The van der Waals surface area contributed by atoms with Crippen molar-refractivity contribution in [1.29, 1.82) is 0 Å². The molecule has 2 N–H and O–H groups in total. The van der Waals surface area contributed by atoms with Crippen molar-refractivity contribution in [3.8, 4) is 0 Å². The number of aliphatic hydroxyl groups is 1. The van der Waals surface area contributed by atoms with Crippen LogP contribution in [0.25, 0.3) is 0 Å². The van der Waals surface area contributed by atoms with Crippen molar-refractivity contribution in [2.75, 3.05) is 20.3 Å². The average molecular weight is 306 g/mol. The van der Waals surface area contributed by atoms with Gasteiger partial charge in [-0.15, -0.1) is 0 Å². The molecule has 0 saturated carbocycles. The minimum Gasteiger partial charge on any atom is -0.394 e. The summed E-state index contributed by atoms with van der Waals surface area (Å²) in [5.41, 5.74) is -0.0751. The minimum absolute atomic E-state index is 0.0751. The van der Waals surface area contributed by atoms with E-state index in [1.807, 2.05) is 0 Å². The van der Waals surface area contributed by atoms with Crippen LogP contribution < -0.4 is 5.32 Å². The molecule has 0 aromatic heterocycles. The second-order valence-electron chi connectivity index (χ2n) is 3.43. The molecule has 0 aliphatic heterocycles. The van der Waals surface area contributed by atoms with Crippen LogP contribution in [0, 0.1) is 5.82 Å².